The quantitative estimate of drug-likeness (QED) is 0.812. The predicted octanol–water partition coefficient (Wildman–Crippen LogP) is 0.345. The zero-order valence-electron chi connectivity index (χ0n) is 11.0. The number of ether oxygens (including phenoxy) is 1. The molecule has 1 saturated heterocycles. The summed E-state index contributed by atoms with van der Waals surface area (Å²) in [6.45, 7) is 1.65. The average Bonchev–Trinajstić information content (AvgIpc) is 3.03. The van der Waals surface area contributed by atoms with Crippen LogP contribution in [0.2, 0.25) is 0 Å². The molecule has 0 aliphatic carbocycles. The summed E-state index contributed by atoms with van der Waals surface area (Å²) in [6.07, 6.45) is 0.527. The van der Waals surface area contributed by atoms with Crippen LogP contribution in [0.25, 0.3) is 0 Å². The van der Waals surface area contributed by atoms with Crippen molar-refractivity contribution in [1.29, 1.82) is 0 Å². The fourth-order valence-electron chi connectivity index (χ4n) is 2.74. The zero-order valence-corrected chi connectivity index (χ0v) is 11.0. The van der Waals surface area contributed by atoms with Gasteiger partial charge >= 0.3 is 5.97 Å². The second-order valence-electron chi connectivity index (χ2n) is 5.41. The first kappa shape index (κ1) is 13.1. The number of nitrogens with two attached hydrogens (primary N) is 1. The van der Waals surface area contributed by atoms with Gasteiger partial charge in [-0.1, -0.05) is 6.07 Å². The van der Waals surface area contributed by atoms with Gasteiger partial charge in [-0.15, -0.1) is 0 Å². The van der Waals surface area contributed by atoms with Crippen LogP contribution in [0.5, 0.6) is 0 Å². The first-order chi connectivity index (χ1) is 9.49. The fourth-order valence-corrected chi connectivity index (χ4v) is 2.74. The summed E-state index contributed by atoms with van der Waals surface area (Å²) in [4.78, 5) is 25.1. The molecule has 6 heteroatoms. The third kappa shape index (κ3) is 2.07. The molecule has 0 radical (unpaired) electrons. The lowest BCUT2D eigenvalue weighted by molar-refractivity contribution is -0.137. The van der Waals surface area contributed by atoms with Gasteiger partial charge < -0.3 is 20.5 Å². The van der Waals surface area contributed by atoms with Gasteiger partial charge in [-0.3, -0.25) is 4.79 Å². The average molecular weight is 276 g/mol. The van der Waals surface area contributed by atoms with Gasteiger partial charge in [0.2, 0.25) is 5.91 Å². The van der Waals surface area contributed by atoms with E-state index in [1.54, 1.807) is 23.1 Å². The first-order valence-corrected chi connectivity index (χ1v) is 6.51. The number of carbonyl (C=O) groups is 2. The molecule has 1 aromatic rings. The Balaban J connectivity index is 1.80. The highest BCUT2D eigenvalue weighted by molar-refractivity contribution is 5.89. The molecule has 0 bridgehead atoms. The van der Waals surface area contributed by atoms with E-state index in [0.717, 1.165) is 11.1 Å². The summed E-state index contributed by atoms with van der Waals surface area (Å²) >= 11 is 0. The van der Waals surface area contributed by atoms with Crippen molar-refractivity contribution >= 4 is 11.9 Å². The molecule has 3 rings (SSSR count). The van der Waals surface area contributed by atoms with E-state index in [1.165, 1.54) is 0 Å². The Bertz CT molecular complexity index is 579. The number of benzene rings is 1. The number of fused-ring (bicyclic) bond motifs is 1. The monoisotopic (exact) mass is 276 g/mol. The van der Waals surface area contributed by atoms with E-state index in [4.69, 9.17) is 15.6 Å². The first-order valence-electron chi connectivity index (χ1n) is 6.51. The van der Waals surface area contributed by atoms with Crippen LogP contribution in [0.4, 0.5) is 0 Å². The van der Waals surface area contributed by atoms with Gasteiger partial charge in [0.25, 0.3) is 0 Å². The lowest BCUT2D eigenvalue weighted by Crippen LogP contribution is -2.54. The van der Waals surface area contributed by atoms with E-state index >= 15 is 0 Å². The van der Waals surface area contributed by atoms with Crippen LogP contribution in [0.15, 0.2) is 18.2 Å². The van der Waals surface area contributed by atoms with E-state index in [1.807, 2.05) is 0 Å². The minimum atomic E-state index is -0.961. The molecule has 106 valence electrons. The molecule has 1 aromatic carbocycles. The molecule has 0 aromatic heterocycles. The van der Waals surface area contributed by atoms with Crippen molar-refractivity contribution in [1.82, 2.24) is 4.90 Å². The largest absolute Gasteiger partial charge is 0.478 e. The van der Waals surface area contributed by atoms with Gasteiger partial charge in [0.05, 0.1) is 12.2 Å². The molecule has 2 aliphatic rings. The standard InChI is InChI=1S/C14H16N2O4/c15-14(3-4-20-8-14)13(19)16-6-10-2-1-9(12(17)18)5-11(10)7-16/h1-2,5H,3-4,6-8,15H2,(H,17,18). The summed E-state index contributed by atoms with van der Waals surface area (Å²) in [5, 5.41) is 8.99. The second kappa shape index (κ2) is 4.57. The number of carbonyl (C=O) groups excluding carboxylic acids is 1. The molecule has 2 aliphatic heterocycles. The van der Waals surface area contributed by atoms with Crippen LogP contribution in [0.1, 0.15) is 27.9 Å². The van der Waals surface area contributed by atoms with Crippen molar-refractivity contribution in [2.45, 2.75) is 25.0 Å². The molecule has 1 unspecified atom stereocenters. The molecule has 2 heterocycles. The van der Waals surface area contributed by atoms with Crippen LogP contribution < -0.4 is 5.73 Å². The number of hydrogen-bond acceptors (Lipinski definition) is 4. The number of carboxylic acid groups (broad SMARTS) is 1. The molecule has 1 amide bonds. The summed E-state index contributed by atoms with van der Waals surface area (Å²) in [5.74, 6) is -1.08. The number of hydrogen-bond donors (Lipinski definition) is 2. The Morgan fingerprint density at radius 1 is 1.30 bits per heavy atom. The Kier molecular flexibility index (Phi) is 2.99. The summed E-state index contributed by atoms with van der Waals surface area (Å²) in [6, 6.07) is 4.95. The van der Waals surface area contributed by atoms with Crippen LogP contribution >= 0.6 is 0 Å². The predicted molar refractivity (Wildman–Crippen MR) is 70.0 cm³/mol. The topological polar surface area (TPSA) is 92.9 Å². The van der Waals surface area contributed by atoms with Crippen molar-refractivity contribution in [3.63, 3.8) is 0 Å². The van der Waals surface area contributed by atoms with Gasteiger partial charge in [0.1, 0.15) is 5.54 Å². The van der Waals surface area contributed by atoms with Gasteiger partial charge in [-0.2, -0.15) is 0 Å². The van der Waals surface area contributed by atoms with Gasteiger partial charge in [-0.05, 0) is 29.7 Å². The molecule has 1 fully saturated rings. The number of amides is 1. The number of carboxylic acids is 1. The summed E-state index contributed by atoms with van der Waals surface area (Å²) in [7, 11) is 0. The lowest BCUT2D eigenvalue weighted by Gasteiger charge is -2.27. The smallest absolute Gasteiger partial charge is 0.335 e. The molecule has 20 heavy (non-hydrogen) atoms. The summed E-state index contributed by atoms with van der Waals surface area (Å²) < 4.78 is 5.22. The van der Waals surface area contributed by atoms with Crippen molar-refractivity contribution in [3.05, 3.63) is 34.9 Å². The van der Waals surface area contributed by atoms with Crippen molar-refractivity contribution < 1.29 is 19.4 Å². The lowest BCUT2D eigenvalue weighted by atomic mass is 9.98. The van der Waals surface area contributed by atoms with Gasteiger partial charge in [-0.25, -0.2) is 4.79 Å². The minimum absolute atomic E-state index is 0.122. The molecule has 3 N–H and O–H groups in total. The Hall–Kier alpha value is -1.92. The maximum atomic E-state index is 12.5. The third-order valence-electron chi connectivity index (χ3n) is 3.94. The van der Waals surface area contributed by atoms with Gasteiger partial charge in [0, 0.05) is 19.7 Å². The van der Waals surface area contributed by atoms with Crippen LogP contribution in [-0.2, 0) is 22.6 Å². The third-order valence-corrected chi connectivity index (χ3v) is 3.94. The Morgan fingerprint density at radius 3 is 2.70 bits per heavy atom. The zero-order chi connectivity index (χ0) is 14.3. The van der Waals surface area contributed by atoms with Crippen molar-refractivity contribution in [3.8, 4) is 0 Å². The minimum Gasteiger partial charge on any atom is -0.478 e. The van der Waals surface area contributed by atoms with Crippen LogP contribution in [0, 0.1) is 0 Å². The Morgan fingerprint density at radius 2 is 2.05 bits per heavy atom. The normalized spacial score (nSPS) is 24.8. The van der Waals surface area contributed by atoms with E-state index in [-0.39, 0.29) is 18.1 Å². The molecule has 6 nitrogen and oxygen atoms in total. The van der Waals surface area contributed by atoms with E-state index in [0.29, 0.717) is 26.1 Å². The van der Waals surface area contributed by atoms with Crippen LogP contribution in [0.3, 0.4) is 0 Å². The molecular formula is C14H16N2O4. The molecular weight excluding hydrogens is 260 g/mol. The molecule has 0 spiro atoms. The highest BCUT2D eigenvalue weighted by Crippen LogP contribution is 2.28. The molecule has 0 saturated carbocycles. The van der Waals surface area contributed by atoms with Crippen LogP contribution in [-0.4, -0.2) is 40.6 Å². The fraction of sp³-hybridized carbons (Fsp3) is 0.429. The van der Waals surface area contributed by atoms with Gasteiger partial charge in [0.15, 0.2) is 0 Å². The van der Waals surface area contributed by atoms with E-state index in [2.05, 4.69) is 0 Å². The maximum Gasteiger partial charge on any atom is 0.335 e. The number of rotatable bonds is 2. The maximum absolute atomic E-state index is 12.5. The number of nitrogens with zero attached hydrogens (tertiary/aromatic N) is 1. The van der Waals surface area contributed by atoms with Crippen molar-refractivity contribution in [2.24, 2.45) is 5.73 Å². The SMILES string of the molecule is NC1(C(=O)N2Cc3ccc(C(=O)O)cc3C2)CCOC1. The number of aromatic carboxylic acids is 1. The highest BCUT2D eigenvalue weighted by atomic mass is 16.5. The second-order valence-corrected chi connectivity index (χ2v) is 5.41. The van der Waals surface area contributed by atoms with E-state index < -0.39 is 11.5 Å². The summed E-state index contributed by atoms with van der Waals surface area (Å²) in [5.41, 5.74) is 7.25. The molecule has 1 atom stereocenters. The van der Waals surface area contributed by atoms with Crippen molar-refractivity contribution in [2.75, 3.05) is 13.2 Å². The Labute approximate surface area is 116 Å². The van der Waals surface area contributed by atoms with E-state index in [9.17, 15) is 9.59 Å². The highest BCUT2D eigenvalue weighted by Gasteiger charge is 2.42.